The van der Waals surface area contributed by atoms with E-state index in [2.05, 4.69) is 13.8 Å². The van der Waals surface area contributed by atoms with Crippen molar-refractivity contribution in [3.8, 4) is 5.75 Å². The van der Waals surface area contributed by atoms with Crippen LogP contribution < -0.4 is 0 Å². The standard InChI is InChI=1S/C9H20.C8H10O.C2H6/c1-3-5-7-9-8-6-4-2;1-6-3-4-7(2)8(9)5-6;1-2/h3-9H2,1-2H3;3-5,9H,1-2H3;1-2H3. The summed E-state index contributed by atoms with van der Waals surface area (Å²) in [5.41, 5.74) is 2.03. The lowest BCUT2D eigenvalue weighted by molar-refractivity contribution is 0.470. The molecule has 0 bridgehead atoms. The number of aryl methyl sites for hydroxylation is 2. The zero-order chi connectivity index (χ0) is 15.8. The lowest BCUT2D eigenvalue weighted by Gasteiger charge is -1.97. The highest BCUT2D eigenvalue weighted by atomic mass is 16.3. The van der Waals surface area contributed by atoms with Crippen molar-refractivity contribution in [3.05, 3.63) is 29.3 Å². The zero-order valence-electron chi connectivity index (χ0n) is 14.6. The maximum Gasteiger partial charge on any atom is 0.118 e. The molecule has 0 aliphatic rings. The molecule has 0 amide bonds. The maximum absolute atomic E-state index is 9.10. The first kappa shape index (κ1) is 21.3. The van der Waals surface area contributed by atoms with E-state index in [1.54, 1.807) is 6.07 Å². The third-order valence-electron chi connectivity index (χ3n) is 3.07. The summed E-state index contributed by atoms with van der Waals surface area (Å²) in [6.07, 6.45) is 9.97. The van der Waals surface area contributed by atoms with Crippen molar-refractivity contribution in [1.29, 1.82) is 0 Å². The third-order valence-corrected chi connectivity index (χ3v) is 3.07. The number of hydrogen-bond acceptors (Lipinski definition) is 1. The van der Waals surface area contributed by atoms with Crippen molar-refractivity contribution in [2.75, 3.05) is 0 Å². The Balaban J connectivity index is 0. The van der Waals surface area contributed by atoms with Crippen molar-refractivity contribution < 1.29 is 5.11 Å². The number of aromatic hydroxyl groups is 1. The normalized spacial score (nSPS) is 9.10. The Bertz CT molecular complexity index is 299. The molecule has 0 fully saturated rings. The van der Waals surface area contributed by atoms with Crippen LogP contribution in [0, 0.1) is 13.8 Å². The second-order valence-electron chi connectivity index (χ2n) is 5.06. The van der Waals surface area contributed by atoms with E-state index in [9.17, 15) is 0 Å². The van der Waals surface area contributed by atoms with Crippen LogP contribution in [-0.2, 0) is 0 Å². The largest absolute Gasteiger partial charge is 0.508 e. The Kier molecular flexibility index (Phi) is 17.1. The van der Waals surface area contributed by atoms with Gasteiger partial charge in [-0.1, -0.05) is 84.8 Å². The minimum absolute atomic E-state index is 0.384. The Morgan fingerprint density at radius 1 is 0.800 bits per heavy atom. The van der Waals surface area contributed by atoms with Gasteiger partial charge in [0.2, 0.25) is 0 Å². The predicted octanol–water partition coefficient (Wildman–Crippen LogP) is 6.79. The maximum atomic E-state index is 9.10. The number of hydrogen-bond donors (Lipinski definition) is 1. The first-order valence-electron chi connectivity index (χ1n) is 8.38. The Morgan fingerprint density at radius 2 is 1.25 bits per heavy atom. The van der Waals surface area contributed by atoms with E-state index in [4.69, 9.17) is 5.11 Å². The smallest absolute Gasteiger partial charge is 0.118 e. The average Bonchev–Trinajstić information content (AvgIpc) is 2.46. The summed E-state index contributed by atoms with van der Waals surface area (Å²) in [7, 11) is 0. The molecular weight excluding hydrogens is 244 g/mol. The van der Waals surface area contributed by atoms with E-state index in [-0.39, 0.29) is 0 Å². The van der Waals surface area contributed by atoms with Gasteiger partial charge in [-0.25, -0.2) is 0 Å². The zero-order valence-corrected chi connectivity index (χ0v) is 14.6. The quantitative estimate of drug-likeness (QED) is 0.568. The van der Waals surface area contributed by atoms with Crippen LogP contribution in [0.1, 0.15) is 83.8 Å². The summed E-state index contributed by atoms with van der Waals surface area (Å²) in [4.78, 5) is 0. The summed E-state index contributed by atoms with van der Waals surface area (Å²) in [5.74, 6) is 0.384. The van der Waals surface area contributed by atoms with Gasteiger partial charge in [0.05, 0.1) is 0 Å². The monoisotopic (exact) mass is 280 g/mol. The summed E-state index contributed by atoms with van der Waals surface area (Å²) < 4.78 is 0. The van der Waals surface area contributed by atoms with Crippen molar-refractivity contribution >= 4 is 0 Å². The van der Waals surface area contributed by atoms with E-state index < -0.39 is 0 Å². The predicted molar refractivity (Wildman–Crippen MR) is 92.6 cm³/mol. The molecule has 20 heavy (non-hydrogen) atoms. The van der Waals surface area contributed by atoms with Gasteiger partial charge in [0, 0.05) is 0 Å². The second kappa shape index (κ2) is 16.1. The van der Waals surface area contributed by atoms with Gasteiger partial charge in [-0.3, -0.25) is 0 Å². The number of unbranched alkanes of at least 4 members (excludes halogenated alkanes) is 6. The number of benzene rings is 1. The van der Waals surface area contributed by atoms with Gasteiger partial charge in [-0.15, -0.1) is 0 Å². The van der Waals surface area contributed by atoms with E-state index in [1.807, 2.05) is 39.8 Å². The number of rotatable bonds is 6. The molecule has 1 heteroatoms. The third kappa shape index (κ3) is 13.5. The summed E-state index contributed by atoms with van der Waals surface area (Å²) in [5, 5.41) is 9.10. The molecule has 0 saturated heterocycles. The highest BCUT2D eigenvalue weighted by Gasteiger charge is 1.91. The molecule has 118 valence electrons. The molecule has 1 N–H and O–H groups in total. The van der Waals surface area contributed by atoms with Crippen LogP contribution in [0.15, 0.2) is 18.2 Å². The number of phenols is 1. The van der Waals surface area contributed by atoms with E-state index in [1.165, 1.54) is 44.9 Å². The minimum atomic E-state index is 0.384. The lowest BCUT2D eigenvalue weighted by atomic mass is 10.1. The van der Waals surface area contributed by atoms with Crippen molar-refractivity contribution in [1.82, 2.24) is 0 Å². The molecular formula is C19H36O. The molecule has 0 aliphatic carbocycles. The molecule has 1 rings (SSSR count). The van der Waals surface area contributed by atoms with E-state index >= 15 is 0 Å². The van der Waals surface area contributed by atoms with Crippen LogP contribution in [-0.4, -0.2) is 5.11 Å². The average molecular weight is 280 g/mol. The fraction of sp³-hybridized carbons (Fsp3) is 0.684. The van der Waals surface area contributed by atoms with Gasteiger partial charge in [0.1, 0.15) is 5.75 Å². The molecule has 0 spiro atoms. The molecule has 0 atom stereocenters. The van der Waals surface area contributed by atoms with Crippen LogP contribution in [0.2, 0.25) is 0 Å². The highest BCUT2D eigenvalue weighted by Crippen LogP contribution is 2.15. The fourth-order valence-corrected chi connectivity index (χ4v) is 1.75. The Hall–Kier alpha value is -0.980. The highest BCUT2D eigenvalue weighted by molar-refractivity contribution is 5.34. The van der Waals surface area contributed by atoms with Crippen LogP contribution >= 0.6 is 0 Å². The van der Waals surface area contributed by atoms with Crippen molar-refractivity contribution in [2.24, 2.45) is 0 Å². The molecule has 0 unspecified atom stereocenters. The molecule has 1 nitrogen and oxygen atoms in total. The molecule has 0 aliphatic heterocycles. The number of phenolic OH excluding ortho intramolecular Hbond substituents is 1. The lowest BCUT2D eigenvalue weighted by Crippen LogP contribution is -1.76. The van der Waals surface area contributed by atoms with Gasteiger partial charge in [0.25, 0.3) is 0 Å². The molecule has 0 radical (unpaired) electrons. The van der Waals surface area contributed by atoms with Gasteiger partial charge in [0.15, 0.2) is 0 Å². The summed E-state index contributed by atoms with van der Waals surface area (Å²) in [6, 6.07) is 5.65. The van der Waals surface area contributed by atoms with E-state index in [0.717, 1.165) is 11.1 Å². The van der Waals surface area contributed by atoms with Gasteiger partial charge >= 0.3 is 0 Å². The molecule has 0 aromatic heterocycles. The second-order valence-corrected chi connectivity index (χ2v) is 5.06. The van der Waals surface area contributed by atoms with Crippen LogP contribution in [0.5, 0.6) is 5.75 Å². The summed E-state index contributed by atoms with van der Waals surface area (Å²) >= 11 is 0. The first-order valence-corrected chi connectivity index (χ1v) is 8.38. The van der Waals surface area contributed by atoms with Crippen molar-refractivity contribution in [3.63, 3.8) is 0 Å². The summed E-state index contributed by atoms with van der Waals surface area (Å²) in [6.45, 7) is 12.4. The Labute approximate surface area is 127 Å². The molecule has 1 aromatic rings. The Morgan fingerprint density at radius 3 is 1.60 bits per heavy atom. The SMILES string of the molecule is CC.CCCCCCCCC.Cc1ccc(C)c(O)c1. The van der Waals surface area contributed by atoms with E-state index in [0.29, 0.717) is 5.75 Å². The van der Waals surface area contributed by atoms with Gasteiger partial charge in [-0.2, -0.15) is 0 Å². The van der Waals surface area contributed by atoms with Crippen molar-refractivity contribution in [2.45, 2.75) is 86.5 Å². The topological polar surface area (TPSA) is 20.2 Å². The molecule has 0 heterocycles. The van der Waals surface area contributed by atoms with Crippen LogP contribution in [0.25, 0.3) is 0 Å². The molecule has 1 aromatic carbocycles. The van der Waals surface area contributed by atoms with Gasteiger partial charge < -0.3 is 5.11 Å². The molecule has 0 saturated carbocycles. The fourth-order valence-electron chi connectivity index (χ4n) is 1.75. The first-order chi connectivity index (χ1) is 9.61. The van der Waals surface area contributed by atoms with Crippen LogP contribution in [0.4, 0.5) is 0 Å². The van der Waals surface area contributed by atoms with Crippen LogP contribution in [0.3, 0.4) is 0 Å². The minimum Gasteiger partial charge on any atom is -0.508 e. The van der Waals surface area contributed by atoms with Gasteiger partial charge in [-0.05, 0) is 31.0 Å².